The average Bonchev–Trinajstić information content (AvgIpc) is 3.54. The van der Waals surface area contributed by atoms with Crippen molar-refractivity contribution in [1.29, 1.82) is 0 Å². The molecule has 0 fully saturated rings. The smallest absolute Gasteiger partial charge is 0.242 e. The lowest BCUT2D eigenvalue weighted by atomic mass is 9.92. The number of hydrogen-bond acceptors (Lipinski definition) is 7. The molecule has 0 spiro atoms. The molecule has 2 heterocycles. The van der Waals surface area contributed by atoms with E-state index in [1.165, 1.54) is 5.56 Å². The first-order valence-corrected chi connectivity index (χ1v) is 15.5. The number of aromatic amines is 1. The summed E-state index contributed by atoms with van der Waals surface area (Å²) in [6.45, 7) is 7.27. The van der Waals surface area contributed by atoms with Crippen molar-refractivity contribution in [3.63, 3.8) is 0 Å². The van der Waals surface area contributed by atoms with Gasteiger partial charge in [-0.05, 0) is 59.7 Å². The molecule has 234 valence electrons. The lowest BCUT2D eigenvalue weighted by molar-refractivity contribution is -0.132. The summed E-state index contributed by atoms with van der Waals surface area (Å²) >= 11 is 0. The van der Waals surface area contributed by atoms with Crippen molar-refractivity contribution in [3.8, 4) is 28.1 Å². The maximum atomic E-state index is 12.5. The minimum atomic E-state index is -0.144. The van der Waals surface area contributed by atoms with Gasteiger partial charge < -0.3 is 30.6 Å². The number of imidazole rings is 1. The first kappa shape index (κ1) is 31.5. The highest BCUT2D eigenvalue weighted by molar-refractivity contribution is 5.98. The number of carbonyl (C=O) groups is 2. The fourth-order valence-corrected chi connectivity index (χ4v) is 5.51. The van der Waals surface area contributed by atoms with Gasteiger partial charge in [0.1, 0.15) is 18.2 Å². The molecule has 4 aromatic rings. The van der Waals surface area contributed by atoms with Crippen LogP contribution in [0.4, 0.5) is 0 Å². The van der Waals surface area contributed by atoms with Crippen LogP contribution in [0.3, 0.4) is 0 Å². The van der Waals surface area contributed by atoms with Crippen LogP contribution in [0, 0.1) is 0 Å². The predicted molar refractivity (Wildman–Crippen MR) is 180 cm³/mol. The molecule has 0 atom stereocenters. The van der Waals surface area contributed by atoms with Gasteiger partial charge in [0.25, 0.3) is 0 Å². The van der Waals surface area contributed by atoms with Gasteiger partial charge in [-0.25, -0.2) is 4.98 Å². The van der Waals surface area contributed by atoms with Gasteiger partial charge in [0.2, 0.25) is 12.3 Å². The molecule has 0 radical (unpaired) electrons. The summed E-state index contributed by atoms with van der Waals surface area (Å²) in [5, 5.41) is 11.1. The highest BCUT2D eigenvalue weighted by Gasteiger charge is 2.21. The molecule has 45 heavy (non-hydrogen) atoms. The molecule has 1 aromatic heterocycles. The van der Waals surface area contributed by atoms with Crippen molar-refractivity contribution in [2.75, 3.05) is 33.2 Å². The average molecular weight is 608 g/mol. The Bertz CT molecular complexity index is 1710. The number of ether oxygens (including phenoxy) is 1. The van der Waals surface area contributed by atoms with Crippen molar-refractivity contribution in [2.45, 2.75) is 39.8 Å². The summed E-state index contributed by atoms with van der Waals surface area (Å²) in [7, 11) is 1.91. The molecule has 1 aliphatic heterocycles. The summed E-state index contributed by atoms with van der Waals surface area (Å²) in [6, 6.07) is 17.0. The standard InChI is InChI=1S/C35H41N7O3/c1-4-12-37-13-14-38-18-31(36-3)25-7-9-28-27(17-25)22-45-35-29-10-8-26(16-24(29)6-11-30(28)35)32-19-40-33(41-32)21-42(15-5-2)34(44)20-39-23-43/h6-11,14,16-19,23,36-37H,4-5,12-13,15,20-22H2,1-3H3,(H,39,43)(H,40,41)/b31-18-,38-14?. The number of carbonyl (C=O) groups excluding carboxylic acids is 2. The number of H-pyrrole nitrogens is 1. The fourth-order valence-electron chi connectivity index (χ4n) is 5.51. The van der Waals surface area contributed by atoms with Crippen molar-refractivity contribution in [1.82, 2.24) is 30.8 Å². The number of nitrogens with zero attached hydrogens (tertiary/aromatic N) is 3. The van der Waals surface area contributed by atoms with Gasteiger partial charge in [0.05, 0.1) is 36.9 Å². The highest BCUT2D eigenvalue weighted by atomic mass is 16.5. The SMILES string of the molecule is CCCNCC=N/C=C(\NC)c1ccc2c(c1)COc1c-2ccc2cc(-c3cnc(CN(CCC)C(=O)CNC=O)[nH]3)ccc12. The normalized spacial score (nSPS) is 12.5. The Hall–Kier alpha value is -4.96. The van der Waals surface area contributed by atoms with Crippen LogP contribution in [0.25, 0.3) is 38.9 Å². The third-order valence-electron chi connectivity index (χ3n) is 7.75. The molecule has 0 aliphatic carbocycles. The zero-order chi connectivity index (χ0) is 31.6. The maximum absolute atomic E-state index is 12.5. The molecular weight excluding hydrogens is 566 g/mol. The minimum Gasteiger partial charge on any atom is -0.488 e. The Labute approximate surface area is 264 Å². The largest absolute Gasteiger partial charge is 0.488 e. The molecule has 2 amide bonds. The number of amides is 2. The van der Waals surface area contributed by atoms with E-state index in [9.17, 15) is 9.59 Å². The number of fused-ring (bicyclic) bond motifs is 5. The van der Waals surface area contributed by atoms with Gasteiger partial charge in [0.15, 0.2) is 0 Å². The Morgan fingerprint density at radius 3 is 2.78 bits per heavy atom. The second kappa shape index (κ2) is 15.2. The molecular formula is C35H41N7O3. The zero-order valence-corrected chi connectivity index (χ0v) is 26.2. The number of benzene rings is 3. The summed E-state index contributed by atoms with van der Waals surface area (Å²) in [5.41, 5.74) is 7.25. The second-order valence-electron chi connectivity index (χ2n) is 10.9. The maximum Gasteiger partial charge on any atom is 0.242 e. The van der Waals surface area contributed by atoms with E-state index in [4.69, 9.17) is 4.74 Å². The summed E-state index contributed by atoms with van der Waals surface area (Å²) in [5.74, 6) is 1.43. The van der Waals surface area contributed by atoms with E-state index >= 15 is 0 Å². The number of rotatable bonds is 15. The molecule has 0 unspecified atom stereocenters. The Balaban J connectivity index is 1.34. The van der Waals surface area contributed by atoms with Gasteiger partial charge in [-0.3, -0.25) is 14.6 Å². The quantitative estimate of drug-likeness (QED) is 0.0870. The highest BCUT2D eigenvalue weighted by Crippen LogP contribution is 2.43. The van der Waals surface area contributed by atoms with Gasteiger partial charge in [-0.15, -0.1) is 0 Å². The minimum absolute atomic E-state index is 0.0276. The Morgan fingerprint density at radius 2 is 1.98 bits per heavy atom. The Kier molecular flexibility index (Phi) is 10.6. The number of nitrogens with one attached hydrogen (secondary N) is 4. The summed E-state index contributed by atoms with van der Waals surface area (Å²) < 4.78 is 6.37. The molecule has 0 saturated heterocycles. The van der Waals surface area contributed by atoms with Crippen LogP contribution in [0.1, 0.15) is 43.6 Å². The first-order chi connectivity index (χ1) is 22.1. The van der Waals surface area contributed by atoms with Crippen molar-refractivity contribution in [2.24, 2.45) is 4.99 Å². The summed E-state index contributed by atoms with van der Waals surface area (Å²) in [4.78, 5) is 37.2. The third-order valence-corrected chi connectivity index (χ3v) is 7.75. The van der Waals surface area contributed by atoms with Crippen LogP contribution in [0.2, 0.25) is 0 Å². The van der Waals surface area contributed by atoms with Gasteiger partial charge in [-0.1, -0.05) is 44.2 Å². The van der Waals surface area contributed by atoms with Crippen LogP contribution >= 0.6 is 0 Å². The van der Waals surface area contributed by atoms with E-state index in [2.05, 4.69) is 86.4 Å². The van der Waals surface area contributed by atoms with E-state index in [1.54, 1.807) is 11.1 Å². The number of aromatic nitrogens is 2. The van der Waals surface area contributed by atoms with Crippen LogP contribution in [-0.2, 0) is 22.7 Å². The van der Waals surface area contributed by atoms with Crippen molar-refractivity contribution < 1.29 is 14.3 Å². The molecule has 10 heteroatoms. The fraction of sp³-hybridized carbons (Fsp3) is 0.314. The predicted octanol–water partition coefficient (Wildman–Crippen LogP) is 4.86. The van der Waals surface area contributed by atoms with Crippen LogP contribution in [0.15, 0.2) is 65.9 Å². The van der Waals surface area contributed by atoms with E-state index in [0.717, 1.165) is 76.1 Å². The van der Waals surface area contributed by atoms with E-state index in [0.29, 0.717) is 31.9 Å². The molecule has 0 saturated carbocycles. The molecule has 4 N–H and O–H groups in total. The first-order valence-electron chi connectivity index (χ1n) is 15.5. The Morgan fingerprint density at radius 1 is 1.11 bits per heavy atom. The number of hydrogen-bond donors (Lipinski definition) is 4. The molecule has 3 aromatic carbocycles. The van der Waals surface area contributed by atoms with E-state index < -0.39 is 0 Å². The van der Waals surface area contributed by atoms with Gasteiger partial charge in [0, 0.05) is 42.9 Å². The van der Waals surface area contributed by atoms with Crippen LogP contribution in [-0.4, -0.2) is 66.6 Å². The molecule has 5 rings (SSSR count). The molecule has 1 aliphatic rings. The van der Waals surface area contributed by atoms with E-state index in [-0.39, 0.29) is 12.5 Å². The monoisotopic (exact) mass is 607 g/mol. The van der Waals surface area contributed by atoms with Crippen LogP contribution in [0.5, 0.6) is 5.75 Å². The topological polar surface area (TPSA) is 124 Å². The van der Waals surface area contributed by atoms with Crippen molar-refractivity contribution in [3.05, 3.63) is 77.9 Å². The zero-order valence-electron chi connectivity index (χ0n) is 26.2. The summed E-state index contributed by atoms with van der Waals surface area (Å²) in [6.07, 6.45) is 7.97. The lowest BCUT2D eigenvalue weighted by Gasteiger charge is -2.23. The van der Waals surface area contributed by atoms with Gasteiger partial charge >= 0.3 is 0 Å². The third kappa shape index (κ3) is 7.41. The van der Waals surface area contributed by atoms with E-state index in [1.807, 2.05) is 26.4 Å². The lowest BCUT2D eigenvalue weighted by Crippen LogP contribution is -2.38. The number of aliphatic imine (C=N–C) groups is 1. The van der Waals surface area contributed by atoms with Gasteiger partial charge in [-0.2, -0.15) is 0 Å². The van der Waals surface area contributed by atoms with Crippen molar-refractivity contribution >= 4 is 35.0 Å². The second-order valence-corrected chi connectivity index (χ2v) is 10.9. The molecule has 10 nitrogen and oxygen atoms in total. The van der Waals surface area contributed by atoms with Crippen LogP contribution < -0.4 is 20.7 Å². The molecule has 0 bridgehead atoms.